The number of ether oxygens (including phenoxy) is 4. The average molecular weight is 495 g/mol. The van der Waals surface area contributed by atoms with Gasteiger partial charge in [-0.2, -0.15) is 0 Å². The number of carbonyl (C=O) groups is 2. The van der Waals surface area contributed by atoms with Crippen molar-refractivity contribution in [3.8, 4) is 34.1 Å². The normalized spacial score (nSPS) is 10.7. The molecule has 0 unspecified atom stereocenters. The van der Waals surface area contributed by atoms with Gasteiger partial charge in [0.15, 0.2) is 17.3 Å². The minimum atomic E-state index is -0.648. The zero-order valence-electron chi connectivity index (χ0n) is 20.8. The van der Waals surface area contributed by atoms with Crippen molar-refractivity contribution in [2.45, 2.75) is 0 Å². The molecule has 6 heteroatoms. The lowest BCUT2D eigenvalue weighted by molar-refractivity contribution is 0.0722. The van der Waals surface area contributed by atoms with Crippen molar-refractivity contribution in [2.24, 2.45) is 0 Å². The van der Waals surface area contributed by atoms with Crippen LogP contribution in [0.15, 0.2) is 97.1 Å². The zero-order valence-corrected chi connectivity index (χ0v) is 20.8. The molecule has 0 fully saturated rings. The molecule has 6 nitrogen and oxygen atoms in total. The molecule has 4 rings (SSSR count). The van der Waals surface area contributed by atoms with Gasteiger partial charge in [0.05, 0.1) is 21.3 Å². The van der Waals surface area contributed by atoms with E-state index >= 15 is 0 Å². The molecule has 37 heavy (non-hydrogen) atoms. The van der Waals surface area contributed by atoms with E-state index in [2.05, 4.69) is 0 Å². The highest BCUT2D eigenvalue weighted by atomic mass is 16.6. The molecule has 0 aliphatic rings. The van der Waals surface area contributed by atoms with Gasteiger partial charge in [-0.25, -0.2) is 4.79 Å². The van der Waals surface area contributed by atoms with E-state index < -0.39 is 5.97 Å². The van der Waals surface area contributed by atoms with Crippen LogP contribution in [-0.2, 0) is 0 Å². The quantitative estimate of drug-likeness (QED) is 0.115. The van der Waals surface area contributed by atoms with Crippen molar-refractivity contribution >= 4 is 17.8 Å². The smallest absolute Gasteiger partial charge is 0.351 e. The molecule has 0 aliphatic carbocycles. The number of hydrogen-bond acceptors (Lipinski definition) is 6. The van der Waals surface area contributed by atoms with Gasteiger partial charge in [-0.05, 0) is 47.0 Å². The van der Waals surface area contributed by atoms with Gasteiger partial charge in [0.2, 0.25) is 0 Å². The highest BCUT2D eigenvalue weighted by Gasteiger charge is 2.21. The van der Waals surface area contributed by atoms with Gasteiger partial charge in [0.1, 0.15) is 17.1 Å². The second kappa shape index (κ2) is 11.7. The van der Waals surface area contributed by atoms with Gasteiger partial charge in [0.25, 0.3) is 0 Å². The number of methoxy groups -OCH3 is 3. The average Bonchev–Trinajstić information content (AvgIpc) is 2.96. The third-order valence-corrected chi connectivity index (χ3v) is 5.73. The van der Waals surface area contributed by atoms with Crippen LogP contribution in [0.2, 0.25) is 0 Å². The molecule has 0 saturated carbocycles. The summed E-state index contributed by atoms with van der Waals surface area (Å²) >= 11 is 0. The monoisotopic (exact) mass is 494 g/mol. The lowest BCUT2D eigenvalue weighted by Crippen LogP contribution is -2.12. The van der Waals surface area contributed by atoms with E-state index in [1.54, 1.807) is 42.5 Å². The number of ketones is 1. The molecule has 0 saturated heterocycles. The highest BCUT2D eigenvalue weighted by molar-refractivity contribution is 6.07. The Bertz CT molecular complexity index is 1400. The van der Waals surface area contributed by atoms with Crippen molar-refractivity contribution in [1.82, 2.24) is 0 Å². The third-order valence-electron chi connectivity index (χ3n) is 5.73. The number of benzene rings is 4. The summed E-state index contributed by atoms with van der Waals surface area (Å²) in [6, 6.07) is 27.5. The first-order valence-electron chi connectivity index (χ1n) is 11.5. The molecular formula is C31H26O6. The standard InChI is InChI=1S/C31H26O6/c1-34-27-10-7-11-28(35-2)30(27)31(33)37-26-19-13-21(20-29(26)36-3)12-18-25(32)24-16-14-23(15-17-24)22-8-5-4-6-9-22/h4-20H,1-3H3. The first kappa shape index (κ1) is 25.3. The number of allylic oxidation sites excluding steroid dienone is 1. The third kappa shape index (κ3) is 5.87. The van der Waals surface area contributed by atoms with E-state index in [0.717, 1.165) is 11.1 Å². The van der Waals surface area contributed by atoms with Gasteiger partial charge in [-0.3, -0.25) is 4.79 Å². The Morgan fingerprint density at radius 3 is 1.86 bits per heavy atom. The predicted molar refractivity (Wildman–Crippen MR) is 143 cm³/mol. The molecule has 0 heterocycles. The van der Waals surface area contributed by atoms with Crippen LogP contribution in [0, 0.1) is 0 Å². The fourth-order valence-corrected chi connectivity index (χ4v) is 3.80. The van der Waals surface area contributed by atoms with Crippen LogP contribution in [0.5, 0.6) is 23.0 Å². The Morgan fingerprint density at radius 1 is 0.622 bits per heavy atom. The van der Waals surface area contributed by atoms with Gasteiger partial charge < -0.3 is 18.9 Å². The highest BCUT2D eigenvalue weighted by Crippen LogP contribution is 2.33. The summed E-state index contributed by atoms with van der Waals surface area (Å²) in [6.45, 7) is 0. The fourth-order valence-electron chi connectivity index (χ4n) is 3.80. The molecule has 186 valence electrons. The molecule has 4 aromatic carbocycles. The van der Waals surface area contributed by atoms with Crippen molar-refractivity contribution < 1.29 is 28.5 Å². The van der Waals surface area contributed by atoms with Gasteiger partial charge in [0, 0.05) is 5.56 Å². The molecule has 4 aromatic rings. The minimum Gasteiger partial charge on any atom is -0.496 e. The van der Waals surface area contributed by atoms with E-state index in [0.29, 0.717) is 28.4 Å². The summed E-state index contributed by atoms with van der Waals surface area (Å²) < 4.78 is 21.6. The molecule has 0 atom stereocenters. The van der Waals surface area contributed by atoms with Gasteiger partial charge >= 0.3 is 5.97 Å². The Balaban J connectivity index is 1.49. The van der Waals surface area contributed by atoms with Crippen LogP contribution < -0.4 is 18.9 Å². The van der Waals surface area contributed by atoms with E-state index in [-0.39, 0.29) is 17.1 Å². The van der Waals surface area contributed by atoms with E-state index in [1.807, 2.05) is 54.6 Å². The Hall–Kier alpha value is -4.84. The molecule has 0 aromatic heterocycles. The maximum Gasteiger partial charge on any atom is 0.351 e. The summed E-state index contributed by atoms with van der Waals surface area (Å²) in [7, 11) is 4.40. The Kier molecular flexibility index (Phi) is 8.01. The SMILES string of the molecule is COc1cc(C=CC(=O)c2ccc(-c3ccccc3)cc2)ccc1OC(=O)c1c(OC)cccc1OC. The van der Waals surface area contributed by atoms with Crippen molar-refractivity contribution in [3.63, 3.8) is 0 Å². The molecule has 0 radical (unpaired) electrons. The number of rotatable bonds is 9. The zero-order chi connectivity index (χ0) is 26.2. The maximum absolute atomic E-state index is 12.9. The number of hydrogen-bond donors (Lipinski definition) is 0. The fraction of sp³-hybridized carbons (Fsp3) is 0.0968. The summed E-state index contributed by atoms with van der Waals surface area (Å²) in [5, 5.41) is 0. The summed E-state index contributed by atoms with van der Waals surface area (Å²) in [6.07, 6.45) is 3.18. The Morgan fingerprint density at radius 2 is 1.24 bits per heavy atom. The molecule has 0 N–H and O–H groups in total. The van der Waals surface area contributed by atoms with E-state index in [9.17, 15) is 9.59 Å². The van der Waals surface area contributed by atoms with Crippen LogP contribution in [-0.4, -0.2) is 33.1 Å². The maximum atomic E-state index is 12.9. The van der Waals surface area contributed by atoms with E-state index in [1.165, 1.54) is 27.4 Å². The van der Waals surface area contributed by atoms with Crippen molar-refractivity contribution in [1.29, 1.82) is 0 Å². The summed E-state index contributed by atoms with van der Waals surface area (Å²) in [5.74, 6) is 0.447. The van der Waals surface area contributed by atoms with Crippen molar-refractivity contribution in [2.75, 3.05) is 21.3 Å². The molecule has 0 aliphatic heterocycles. The lowest BCUT2D eigenvalue weighted by Gasteiger charge is -2.14. The number of esters is 1. The van der Waals surface area contributed by atoms with E-state index in [4.69, 9.17) is 18.9 Å². The van der Waals surface area contributed by atoms with Crippen LogP contribution in [0.4, 0.5) is 0 Å². The summed E-state index contributed by atoms with van der Waals surface area (Å²) in [4.78, 5) is 25.6. The molecule has 0 amide bonds. The predicted octanol–water partition coefficient (Wildman–Crippen LogP) is 6.49. The van der Waals surface area contributed by atoms with Crippen LogP contribution in [0.25, 0.3) is 17.2 Å². The second-order valence-electron chi connectivity index (χ2n) is 7.98. The molecule has 0 bridgehead atoms. The Labute approximate surface area is 215 Å². The minimum absolute atomic E-state index is 0.127. The second-order valence-corrected chi connectivity index (χ2v) is 7.98. The largest absolute Gasteiger partial charge is 0.496 e. The first-order valence-corrected chi connectivity index (χ1v) is 11.5. The molecule has 0 spiro atoms. The summed E-state index contributed by atoms with van der Waals surface area (Å²) in [5.41, 5.74) is 3.60. The van der Waals surface area contributed by atoms with Crippen molar-refractivity contribution in [3.05, 3.63) is 114 Å². The van der Waals surface area contributed by atoms with Gasteiger partial charge in [-0.15, -0.1) is 0 Å². The number of carbonyl (C=O) groups excluding carboxylic acids is 2. The lowest BCUT2D eigenvalue weighted by atomic mass is 10.0. The van der Waals surface area contributed by atoms with Gasteiger partial charge in [-0.1, -0.05) is 72.8 Å². The van der Waals surface area contributed by atoms with Crippen LogP contribution in [0.1, 0.15) is 26.3 Å². The van der Waals surface area contributed by atoms with Crippen LogP contribution >= 0.6 is 0 Å². The topological polar surface area (TPSA) is 71.1 Å². The van der Waals surface area contributed by atoms with Crippen LogP contribution in [0.3, 0.4) is 0 Å². The molecular weight excluding hydrogens is 468 g/mol. The first-order chi connectivity index (χ1) is 18.0.